The summed E-state index contributed by atoms with van der Waals surface area (Å²) in [5.41, 5.74) is 0.932. The number of halogens is 1. The van der Waals surface area contributed by atoms with E-state index < -0.39 is 24.0 Å². The van der Waals surface area contributed by atoms with Gasteiger partial charge in [0.15, 0.2) is 11.5 Å². The van der Waals surface area contributed by atoms with Gasteiger partial charge >= 0.3 is 12.0 Å². The van der Waals surface area contributed by atoms with Gasteiger partial charge in [0.1, 0.15) is 5.92 Å². The van der Waals surface area contributed by atoms with Crippen molar-refractivity contribution in [1.29, 1.82) is 0 Å². The normalized spacial score (nSPS) is 23.1. The van der Waals surface area contributed by atoms with Crippen molar-refractivity contribution < 1.29 is 24.5 Å². The largest absolute Gasteiger partial charge is 0.504 e. The lowest BCUT2D eigenvalue weighted by Gasteiger charge is -2.31. The second kappa shape index (κ2) is 8.94. The van der Waals surface area contributed by atoms with Crippen LogP contribution in [-0.2, 0) is 9.53 Å². The van der Waals surface area contributed by atoms with E-state index in [1.807, 2.05) is 6.92 Å². The van der Waals surface area contributed by atoms with Crippen molar-refractivity contribution in [2.75, 3.05) is 6.61 Å². The molecule has 2 amide bonds. The molecule has 0 spiro atoms. The Balaban J connectivity index is 1.85. The molecule has 1 aliphatic heterocycles. The number of benzene rings is 1. The summed E-state index contributed by atoms with van der Waals surface area (Å²) in [6.07, 6.45) is 6.10. The Kier molecular flexibility index (Phi) is 6.59. The van der Waals surface area contributed by atoms with Gasteiger partial charge < -0.3 is 20.3 Å². The van der Waals surface area contributed by atoms with Crippen molar-refractivity contribution in [3.05, 3.63) is 22.2 Å². The van der Waals surface area contributed by atoms with Crippen molar-refractivity contribution in [3.8, 4) is 11.5 Å². The number of ether oxygens (including phenoxy) is 1. The summed E-state index contributed by atoms with van der Waals surface area (Å²) in [5.74, 6) is -1.47. The van der Waals surface area contributed by atoms with E-state index >= 15 is 0 Å². The zero-order valence-corrected chi connectivity index (χ0v) is 17.4. The van der Waals surface area contributed by atoms with Crippen LogP contribution in [-0.4, -0.2) is 34.5 Å². The second-order valence-electron chi connectivity index (χ2n) is 7.37. The molecule has 1 aliphatic carbocycles. The van der Waals surface area contributed by atoms with Gasteiger partial charge in [0.2, 0.25) is 0 Å². The van der Waals surface area contributed by atoms with E-state index in [9.17, 15) is 19.8 Å². The standard InChI is InChI=1S/C20H25BrN2O5/c1-2-14-16(19(26)28-10-11-6-4-3-5-7-11)17(23-20(27)22-14)12-8-13(21)18(25)15(24)9-12/h8-9,11,16-17,24-25H,2-7,10H2,1H3,(H,23,27). The van der Waals surface area contributed by atoms with Crippen LogP contribution in [0.4, 0.5) is 4.79 Å². The van der Waals surface area contributed by atoms with Crippen LogP contribution in [0.25, 0.3) is 0 Å². The first-order valence-corrected chi connectivity index (χ1v) is 10.5. The van der Waals surface area contributed by atoms with Crippen molar-refractivity contribution in [3.63, 3.8) is 0 Å². The fourth-order valence-electron chi connectivity index (χ4n) is 3.92. The molecule has 2 aliphatic rings. The predicted octanol–water partition coefficient (Wildman–Crippen LogP) is 4.22. The maximum atomic E-state index is 13.0. The topological polar surface area (TPSA) is 108 Å². The number of aliphatic imine (C=N–C) groups is 1. The number of amides is 2. The Hall–Kier alpha value is -2.09. The van der Waals surface area contributed by atoms with E-state index in [0.717, 1.165) is 25.7 Å². The molecule has 0 aromatic heterocycles. The molecule has 8 heteroatoms. The Labute approximate surface area is 172 Å². The number of phenols is 2. The van der Waals surface area contributed by atoms with Gasteiger partial charge in [-0.25, -0.2) is 9.79 Å². The number of esters is 1. The summed E-state index contributed by atoms with van der Waals surface area (Å²) in [5, 5.41) is 22.4. The zero-order valence-electron chi connectivity index (χ0n) is 15.8. The van der Waals surface area contributed by atoms with Crippen LogP contribution in [0, 0.1) is 11.8 Å². The first-order chi connectivity index (χ1) is 13.4. The smallest absolute Gasteiger partial charge is 0.341 e. The number of urea groups is 1. The first-order valence-electron chi connectivity index (χ1n) is 9.66. The lowest BCUT2D eigenvalue weighted by atomic mass is 9.86. The van der Waals surface area contributed by atoms with E-state index in [0.29, 0.717) is 30.2 Å². The van der Waals surface area contributed by atoms with E-state index in [1.54, 1.807) is 6.07 Å². The quantitative estimate of drug-likeness (QED) is 0.457. The summed E-state index contributed by atoms with van der Waals surface area (Å²) >= 11 is 3.18. The van der Waals surface area contributed by atoms with Gasteiger partial charge in [-0.15, -0.1) is 0 Å². The van der Waals surface area contributed by atoms with Gasteiger partial charge in [-0.3, -0.25) is 4.79 Å². The summed E-state index contributed by atoms with van der Waals surface area (Å²) in [6.45, 7) is 2.21. The van der Waals surface area contributed by atoms with Gasteiger partial charge in [-0.2, -0.15) is 0 Å². The van der Waals surface area contributed by atoms with Crippen molar-refractivity contribution >= 4 is 33.6 Å². The highest BCUT2D eigenvalue weighted by molar-refractivity contribution is 9.10. The fourth-order valence-corrected chi connectivity index (χ4v) is 4.38. The predicted molar refractivity (Wildman–Crippen MR) is 107 cm³/mol. The van der Waals surface area contributed by atoms with Gasteiger partial charge in [-0.05, 0) is 58.8 Å². The molecule has 1 fully saturated rings. The second-order valence-corrected chi connectivity index (χ2v) is 8.22. The molecule has 3 rings (SSSR count). The summed E-state index contributed by atoms with van der Waals surface area (Å²) < 4.78 is 5.90. The molecular weight excluding hydrogens is 428 g/mol. The van der Waals surface area contributed by atoms with Crippen LogP contribution < -0.4 is 5.32 Å². The van der Waals surface area contributed by atoms with Gasteiger partial charge in [0.05, 0.1) is 17.1 Å². The Bertz CT molecular complexity index is 766. The van der Waals surface area contributed by atoms with Crippen LogP contribution in [0.5, 0.6) is 11.5 Å². The molecule has 1 heterocycles. The molecule has 0 bridgehead atoms. The van der Waals surface area contributed by atoms with E-state index in [-0.39, 0.29) is 16.0 Å². The number of phenolic OH excluding ortho intramolecular Hbond substituents is 2. The molecular formula is C20H25BrN2O5. The number of carbonyl (C=O) groups excluding carboxylic acids is 2. The number of aromatic hydroxyl groups is 2. The summed E-state index contributed by atoms with van der Waals surface area (Å²) in [6, 6.07) is 1.63. The SMILES string of the molecule is CCC1=NC(=O)NC(c2cc(O)c(O)c(Br)c2)C1C(=O)OCC1CCCCC1. The lowest BCUT2D eigenvalue weighted by Crippen LogP contribution is -2.45. The van der Waals surface area contributed by atoms with Gasteiger partial charge in [0.25, 0.3) is 0 Å². The van der Waals surface area contributed by atoms with Crippen LogP contribution in [0.1, 0.15) is 57.1 Å². The monoisotopic (exact) mass is 452 g/mol. The van der Waals surface area contributed by atoms with Crippen LogP contribution >= 0.6 is 15.9 Å². The van der Waals surface area contributed by atoms with Gasteiger partial charge in [0, 0.05) is 5.71 Å². The number of rotatable bonds is 5. The minimum atomic E-state index is -0.776. The Morgan fingerprint density at radius 1 is 1.29 bits per heavy atom. The summed E-state index contributed by atoms with van der Waals surface area (Å²) in [7, 11) is 0. The highest BCUT2D eigenvalue weighted by Crippen LogP contribution is 2.39. The zero-order chi connectivity index (χ0) is 20.3. The molecule has 2 unspecified atom stereocenters. The van der Waals surface area contributed by atoms with E-state index in [2.05, 4.69) is 26.2 Å². The van der Waals surface area contributed by atoms with Crippen molar-refractivity contribution in [2.24, 2.45) is 16.8 Å². The number of hydrogen-bond acceptors (Lipinski definition) is 5. The molecule has 28 heavy (non-hydrogen) atoms. The van der Waals surface area contributed by atoms with Crippen LogP contribution in [0.3, 0.4) is 0 Å². The van der Waals surface area contributed by atoms with Crippen molar-refractivity contribution in [2.45, 2.75) is 51.5 Å². The maximum Gasteiger partial charge on any atom is 0.341 e. The first kappa shape index (κ1) is 20.6. The maximum absolute atomic E-state index is 13.0. The van der Waals surface area contributed by atoms with E-state index in [4.69, 9.17) is 4.74 Å². The minimum absolute atomic E-state index is 0.270. The average Bonchev–Trinajstić information content (AvgIpc) is 2.69. The number of hydrogen-bond donors (Lipinski definition) is 3. The number of carbonyl (C=O) groups is 2. The third kappa shape index (κ3) is 4.48. The molecule has 0 radical (unpaired) electrons. The summed E-state index contributed by atoms with van der Waals surface area (Å²) in [4.78, 5) is 29.0. The molecule has 7 nitrogen and oxygen atoms in total. The number of nitrogens with one attached hydrogen (secondary N) is 1. The Morgan fingerprint density at radius 3 is 2.64 bits per heavy atom. The average molecular weight is 453 g/mol. The highest BCUT2D eigenvalue weighted by Gasteiger charge is 2.39. The fraction of sp³-hybridized carbons (Fsp3) is 0.550. The third-order valence-electron chi connectivity index (χ3n) is 5.44. The minimum Gasteiger partial charge on any atom is -0.504 e. The molecule has 1 aromatic carbocycles. The van der Waals surface area contributed by atoms with Crippen LogP contribution in [0.15, 0.2) is 21.6 Å². The Morgan fingerprint density at radius 2 is 2.00 bits per heavy atom. The van der Waals surface area contributed by atoms with Crippen molar-refractivity contribution in [1.82, 2.24) is 5.32 Å². The van der Waals surface area contributed by atoms with E-state index in [1.165, 1.54) is 12.5 Å². The van der Waals surface area contributed by atoms with Gasteiger partial charge in [-0.1, -0.05) is 26.2 Å². The molecule has 3 N–H and O–H groups in total. The lowest BCUT2D eigenvalue weighted by molar-refractivity contribution is -0.148. The third-order valence-corrected chi connectivity index (χ3v) is 6.05. The molecule has 2 atom stereocenters. The molecule has 1 aromatic rings. The molecule has 152 valence electrons. The van der Waals surface area contributed by atoms with Crippen LogP contribution in [0.2, 0.25) is 0 Å². The molecule has 0 saturated heterocycles. The number of nitrogens with zero attached hydrogens (tertiary/aromatic N) is 1. The highest BCUT2D eigenvalue weighted by atomic mass is 79.9. The molecule has 1 saturated carbocycles.